The van der Waals surface area contributed by atoms with E-state index >= 15 is 0 Å². The third-order valence-corrected chi connectivity index (χ3v) is 4.22. The molecule has 0 aromatic rings. The lowest BCUT2D eigenvalue weighted by Crippen LogP contribution is -2.49. The van der Waals surface area contributed by atoms with Gasteiger partial charge in [-0.3, -0.25) is 4.79 Å². The van der Waals surface area contributed by atoms with E-state index in [9.17, 15) is 9.90 Å². The van der Waals surface area contributed by atoms with Crippen molar-refractivity contribution in [2.45, 2.75) is 77.4 Å². The summed E-state index contributed by atoms with van der Waals surface area (Å²) in [6, 6.07) is 0. The van der Waals surface area contributed by atoms with E-state index < -0.39 is 6.10 Å². The molecule has 1 fully saturated rings. The molecular weight excluding hydrogens is 252 g/mol. The van der Waals surface area contributed by atoms with Crippen LogP contribution < -0.4 is 10.6 Å². The maximum Gasteiger partial charge on any atom is 0.221 e. The molecule has 3 N–H and O–H groups in total. The minimum absolute atomic E-state index is 0.0304. The van der Waals surface area contributed by atoms with Crippen LogP contribution in [0.4, 0.5) is 0 Å². The molecule has 118 valence electrons. The second kappa shape index (κ2) is 7.41. The minimum atomic E-state index is -0.462. The van der Waals surface area contributed by atoms with Crippen LogP contribution in [0.15, 0.2) is 0 Å². The average Bonchev–Trinajstić information content (AvgIpc) is 2.35. The molecule has 1 rings (SSSR count). The van der Waals surface area contributed by atoms with Gasteiger partial charge >= 0.3 is 0 Å². The highest BCUT2D eigenvalue weighted by Gasteiger charge is 2.32. The summed E-state index contributed by atoms with van der Waals surface area (Å²) >= 11 is 0. The summed E-state index contributed by atoms with van der Waals surface area (Å²) in [5.74, 6) is 0.0502. The Kier molecular flexibility index (Phi) is 6.46. The van der Waals surface area contributed by atoms with Crippen molar-refractivity contribution in [3.8, 4) is 0 Å². The smallest absolute Gasteiger partial charge is 0.221 e. The van der Waals surface area contributed by atoms with Gasteiger partial charge in [-0.1, -0.05) is 40.0 Å². The molecule has 0 aromatic heterocycles. The van der Waals surface area contributed by atoms with E-state index in [1.807, 2.05) is 7.05 Å². The number of aliphatic hydroxyl groups is 1. The average molecular weight is 284 g/mol. The standard InChI is InChI=1S/C16H32N2O2/c1-15(2,3)10-13(19)12-18-14(20)11-16(17-4)8-6-5-7-9-16/h13,17,19H,5-12H2,1-4H3,(H,18,20). The van der Waals surface area contributed by atoms with E-state index in [2.05, 4.69) is 31.4 Å². The quantitative estimate of drug-likeness (QED) is 0.701. The minimum Gasteiger partial charge on any atom is -0.391 e. The Morgan fingerprint density at radius 1 is 1.25 bits per heavy atom. The molecule has 1 aliphatic carbocycles. The predicted octanol–water partition coefficient (Wildman–Crippen LogP) is 2.21. The molecular formula is C16H32N2O2. The molecule has 0 saturated heterocycles. The molecule has 4 nitrogen and oxygen atoms in total. The van der Waals surface area contributed by atoms with Gasteiger partial charge in [-0.05, 0) is 31.7 Å². The lowest BCUT2D eigenvalue weighted by Gasteiger charge is -2.36. The van der Waals surface area contributed by atoms with Gasteiger partial charge in [0, 0.05) is 18.5 Å². The van der Waals surface area contributed by atoms with Crippen LogP contribution in [0.1, 0.15) is 65.7 Å². The number of amides is 1. The summed E-state index contributed by atoms with van der Waals surface area (Å²) in [5, 5.41) is 16.2. The van der Waals surface area contributed by atoms with Gasteiger partial charge in [0.25, 0.3) is 0 Å². The molecule has 1 atom stereocenters. The first-order chi connectivity index (χ1) is 9.26. The Morgan fingerprint density at radius 2 is 1.85 bits per heavy atom. The van der Waals surface area contributed by atoms with Crippen LogP contribution >= 0.6 is 0 Å². The van der Waals surface area contributed by atoms with Gasteiger partial charge in [0.2, 0.25) is 5.91 Å². The number of carbonyl (C=O) groups excluding carboxylic acids is 1. The zero-order chi connectivity index (χ0) is 15.2. The van der Waals surface area contributed by atoms with Crippen molar-refractivity contribution >= 4 is 5.91 Å². The van der Waals surface area contributed by atoms with E-state index in [4.69, 9.17) is 0 Å². The molecule has 1 amide bonds. The summed E-state index contributed by atoms with van der Waals surface area (Å²) in [6.45, 7) is 6.64. The van der Waals surface area contributed by atoms with Crippen LogP contribution in [0.5, 0.6) is 0 Å². The summed E-state index contributed by atoms with van der Waals surface area (Å²) in [4.78, 5) is 12.1. The fraction of sp³-hybridized carbons (Fsp3) is 0.938. The summed E-state index contributed by atoms with van der Waals surface area (Å²) in [5.41, 5.74) is 0.0526. The largest absolute Gasteiger partial charge is 0.391 e. The molecule has 0 bridgehead atoms. The summed E-state index contributed by atoms with van der Waals surface area (Å²) in [7, 11) is 1.95. The van der Waals surface area contributed by atoms with Gasteiger partial charge in [0.05, 0.1) is 6.10 Å². The van der Waals surface area contributed by atoms with Crippen LogP contribution in [0.25, 0.3) is 0 Å². The first-order valence-corrected chi connectivity index (χ1v) is 7.90. The lowest BCUT2D eigenvalue weighted by atomic mass is 9.79. The zero-order valence-corrected chi connectivity index (χ0v) is 13.6. The van der Waals surface area contributed by atoms with Crippen LogP contribution in [0.2, 0.25) is 0 Å². The van der Waals surface area contributed by atoms with Crippen molar-refractivity contribution in [2.75, 3.05) is 13.6 Å². The molecule has 1 aliphatic rings. The van der Waals surface area contributed by atoms with Gasteiger partial charge in [0.1, 0.15) is 0 Å². The molecule has 1 unspecified atom stereocenters. The molecule has 0 aliphatic heterocycles. The van der Waals surface area contributed by atoms with Crippen molar-refractivity contribution in [1.29, 1.82) is 0 Å². The maximum absolute atomic E-state index is 12.1. The third-order valence-electron chi connectivity index (χ3n) is 4.22. The molecule has 0 spiro atoms. The fourth-order valence-electron chi connectivity index (χ4n) is 3.12. The molecule has 0 heterocycles. The number of rotatable bonds is 6. The number of hydrogen-bond acceptors (Lipinski definition) is 3. The van der Waals surface area contributed by atoms with Gasteiger partial charge in [0.15, 0.2) is 0 Å². The van der Waals surface area contributed by atoms with Gasteiger partial charge < -0.3 is 15.7 Å². The van der Waals surface area contributed by atoms with Crippen LogP contribution in [-0.2, 0) is 4.79 Å². The number of nitrogens with one attached hydrogen (secondary N) is 2. The molecule has 0 radical (unpaired) electrons. The Morgan fingerprint density at radius 3 is 2.35 bits per heavy atom. The Hall–Kier alpha value is -0.610. The van der Waals surface area contributed by atoms with Gasteiger partial charge in [-0.2, -0.15) is 0 Å². The lowest BCUT2D eigenvalue weighted by molar-refractivity contribution is -0.123. The molecule has 0 aromatic carbocycles. The first-order valence-electron chi connectivity index (χ1n) is 7.90. The van der Waals surface area contributed by atoms with E-state index in [0.717, 1.165) is 12.8 Å². The van der Waals surface area contributed by atoms with Crippen LogP contribution in [-0.4, -0.2) is 36.2 Å². The van der Waals surface area contributed by atoms with E-state index in [1.165, 1.54) is 19.3 Å². The van der Waals surface area contributed by atoms with Crippen LogP contribution in [0.3, 0.4) is 0 Å². The molecule has 20 heavy (non-hydrogen) atoms. The van der Waals surface area contributed by atoms with Crippen molar-refractivity contribution in [3.05, 3.63) is 0 Å². The fourth-order valence-corrected chi connectivity index (χ4v) is 3.12. The van der Waals surface area contributed by atoms with Crippen molar-refractivity contribution < 1.29 is 9.90 Å². The van der Waals surface area contributed by atoms with E-state index in [0.29, 0.717) is 19.4 Å². The van der Waals surface area contributed by atoms with E-state index in [1.54, 1.807) is 0 Å². The monoisotopic (exact) mass is 284 g/mol. The normalized spacial score (nSPS) is 20.4. The van der Waals surface area contributed by atoms with Gasteiger partial charge in [-0.15, -0.1) is 0 Å². The zero-order valence-electron chi connectivity index (χ0n) is 13.6. The second-order valence-corrected chi connectivity index (χ2v) is 7.49. The van der Waals surface area contributed by atoms with Crippen molar-refractivity contribution in [3.63, 3.8) is 0 Å². The first kappa shape index (κ1) is 17.4. The highest BCUT2D eigenvalue weighted by molar-refractivity contribution is 5.77. The number of hydrogen-bond donors (Lipinski definition) is 3. The second-order valence-electron chi connectivity index (χ2n) is 7.49. The maximum atomic E-state index is 12.1. The molecule has 1 saturated carbocycles. The topological polar surface area (TPSA) is 61.4 Å². The number of carbonyl (C=O) groups is 1. The van der Waals surface area contributed by atoms with Crippen molar-refractivity contribution in [1.82, 2.24) is 10.6 Å². The van der Waals surface area contributed by atoms with Crippen molar-refractivity contribution in [2.24, 2.45) is 5.41 Å². The van der Waals surface area contributed by atoms with Crippen LogP contribution in [0, 0.1) is 5.41 Å². The Bertz CT molecular complexity index is 304. The van der Waals surface area contributed by atoms with E-state index in [-0.39, 0.29) is 16.9 Å². The Labute approximate surface area is 123 Å². The summed E-state index contributed by atoms with van der Waals surface area (Å²) < 4.78 is 0. The Balaban J connectivity index is 2.35. The van der Waals surface area contributed by atoms with Gasteiger partial charge in [-0.25, -0.2) is 0 Å². The third kappa shape index (κ3) is 6.23. The predicted molar refractivity (Wildman–Crippen MR) is 82.6 cm³/mol. The summed E-state index contributed by atoms with van der Waals surface area (Å²) in [6.07, 6.45) is 6.56. The SMILES string of the molecule is CNC1(CC(=O)NCC(O)CC(C)(C)C)CCCCC1. The highest BCUT2D eigenvalue weighted by Crippen LogP contribution is 2.30. The molecule has 4 heteroatoms. The highest BCUT2D eigenvalue weighted by atomic mass is 16.3. The number of aliphatic hydroxyl groups excluding tert-OH is 1.